The maximum Gasteiger partial charge on any atom is 0.239 e. The van der Waals surface area contributed by atoms with Crippen molar-refractivity contribution in [3.8, 4) is 0 Å². The summed E-state index contributed by atoms with van der Waals surface area (Å²) < 4.78 is 0. The summed E-state index contributed by atoms with van der Waals surface area (Å²) in [5, 5.41) is 0. The fourth-order valence-electron chi connectivity index (χ4n) is 2.44. The van der Waals surface area contributed by atoms with E-state index in [4.69, 9.17) is 11.5 Å². The Kier molecular flexibility index (Phi) is 4.70. The number of carbonyl (C=O) groups excluding carboxylic acids is 2. The Morgan fingerprint density at radius 2 is 1.83 bits per heavy atom. The lowest BCUT2D eigenvalue weighted by atomic mass is 9.75. The molecule has 0 radical (unpaired) electrons. The molecule has 0 spiro atoms. The highest BCUT2D eigenvalue weighted by atomic mass is 16.2. The highest BCUT2D eigenvalue weighted by molar-refractivity contribution is 5.87. The zero-order chi connectivity index (χ0) is 13.9. The molecule has 6 heteroatoms. The van der Waals surface area contributed by atoms with Crippen molar-refractivity contribution in [1.82, 2.24) is 9.80 Å². The van der Waals surface area contributed by atoms with Crippen LogP contribution in [0.2, 0.25) is 0 Å². The van der Waals surface area contributed by atoms with E-state index >= 15 is 0 Å². The van der Waals surface area contributed by atoms with Gasteiger partial charge in [0.2, 0.25) is 11.8 Å². The molecule has 1 atom stereocenters. The molecular formula is C12H24N4O2. The van der Waals surface area contributed by atoms with Crippen LogP contribution in [0.25, 0.3) is 0 Å². The largest absolute Gasteiger partial charge is 0.370 e. The van der Waals surface area contributed by atoms with E-state index in [9.17, 15) is 9.59 Å². The van der Waals surface area contributed by atoms with Crippen LogP contribution < -0.4 is 11.5 Å². The predicted molar refractivity (Wildman–Crippen MR) is 69.7 cm³/mol. The van der Waals surface area contributed by atoms with Crippen molar-refractivity contribution >= 4 is 11.8 Å². The lowest BCUT2D eigenvalue weighted by Gasteiger charge is -2.49. The SMILES string of the molecule is CN(CC1(N(C)C)CCC1)C(=O)C(N)CC(N)=O. The van der Waals surface area contributed by atoms with E-state index in [1.165, 1.54) is 6.42 Å². The van der Waals surface area contributed by atoms with Gasteiger partial charge in [-0.3, -0.25) is 9.59 Å². The van der Waals surface area contributed by atoms with E-state index in [-0.39, 0.29) is 17.9 Å². The second kappa shape index (κ2) is 5.67. The van der Waals surface area contributed by atoms with E-state index in [0.29, 0.717) is 6.54 Å². The van der Waals surface area contributed by atoms with Gasteiger partial charge in [0.1, 0.15) is 0 Å². The zero-order valence-corrected chi connectivity index (χ0v) is 11.5. The average molecular weight is 256 g/mol. The third kappa shape index (κ3) is 3.20. The van der Waals surface area contributed by atoms with E-state index in [0.717, 1.165) is 12.8 Å². The molecule has 0 aromatic heterocycles. The first-order chi connectivity index (χ1) is 8.28. The molecule has 0 aromatic carbocycles. The lowest BCUT2D eigenvalue weighted by Crippen LogP contribution is -2.59. The van der Waals surface area contributed by atoms with Crippen LogP contribution in [0.1, 0.15) is 25.7 Å². The molecule has 0 saturated heterocycles. The summed E-state index contributed by atoms with van der Waals surface area (Å²) in [5.41, 5.74) is 10.8. The van der Waals surface area contributed by atoms with Gasteiger partial charge < -0.3 is 21.3 Å². The van der Waals surface area contributed by atoms with Crippen LogP contribution in [-0.4, -0.2) is 60.9 Å². The minimum atomic E-state index is -0.827. The van der Waals surface area contributed by atoms with E-state index < -0.39 is 11.9 Å². The normalized spacial score (nSPS) is 19.2. The Labute approximate surface area is 108 Å². The van der Waals surface area contributed by atoms with Crippen molar-refractivity contribution in [2.24, 2.45) is 11.5 Å². The second-order valence-electron chi connectivity index (χ2n) is 5.44. The van der Waals surface area contributed by atoms with Crippen LogP contribution >= 0.6 is 0 Å². The number of hydrogen-bond donors (Lipinski definition) is 2. The summed E-state index contributed by atoms with van der Waals surface area (Å²) >= 11 is 0. The molecule has 0 bridgehead atoms. The molecule has 0 aromatic rings. The summed E-state index contributed by atoms with van der Waals surface area (Å²) in [6.07, 6.45) is 3.26. The molecule has 2 amide bonds. The van der Waals surface area contributed by atoms with Crippen LogP contribution in [0.5, 0.6) is 0 Å². The Morgan fingerprint density at radius 3 is 2.17 bits per heavy atom. The van der Waals surface area contributed by atoms with Gasteiger partial charge >= 0.3 is 0 Å². The summed E-state index contributed by atoms with van der Waals surface area (Å²) in [5.74, 6) is -0.767. The molecule has 104 valence electrons. The predicted octanol–water partition coefficient (Wildman–Crippen LogP) is -0.868. The minimum Gasteiger partial charge on any atom is -0.370 e. The van der Waals surface area contributed by atoms with Gasteiger partial charge in [0.25, 0.3) is 0 Å². The van der Waals surface area contributed by atoms with Crippen LogP contribution in [0.4, 0.5) is 0 Å². The first kappa shape index (κ1) is 14.9. The van der Waals surface area contributed by atoms with Crippen LogP contribution in [0, 0.1) is 0 Å². The molecule has 1 rings (SSSR count). The number of carbonyl (C=O) groups is 2. The van der Waals surface area contributed by atoms with Crippen molar-refractivity contribution in [2.45, 2.75) is 37.3 Å². The molecular weight excluding hydrogens is 232 g/mol. The van der Waals surface area contributed by atoms with Crippen LogP contribution in [0.15, 0.2) is 0 Å². The Hall–Kier alpha value is -1.14. The van der Waals surface area contributed by atoms with Gasteiger partial charge in [0, 0.05) is 19.1 Å². The number of nitrogens with two attached hydrogens (primary N) is 2. The number of nitrogens with zero attached hydrogens (tertiary/aromatic N) is 2. The Bertz CT molecular complexity index is 326. The monoisotopic (exact) mass is 256 g/mol. The van der Waals surface area contributed by atoms with Crippen molar-refractivity contribution in [3.05, 3.63) is 0 Å². The summed E-state index contributed by atoms with van der Waals surface area (Å²) in [6, 6.07) is -0.827. The topological polar surface area (TPSA) is 92.7 Å². The minimum absolute atomic E-state index is 0.0663. The summed E-state index contributed by atoms with van der Waals surface area (Å²) in [6.45, 7) is 0.644. The molecule has 0 heterocycles. The van der Waals surface area contributed by atoms with Crippen molar-refractivity contribution in [2.75, 3.05) is 27.7 Å². The Balaban J connectivity index is 2.56. The maximum absolute atomic E-state index is 12.0. The quantitative estimate of drug-likeness (QED) is 0.646. The molecule has 1 unspecified atom stereocenters. The molecule has 1 aliphatic rings. The van der Waals surface area contributed by atoms with Crippen molar-refractivity contribution in [1.29, 1.82) is 0 Å². The second-order valence-corrected chi connectivity index (χ2v) is 5.44. The van der Waals surface area contributed by atoms with E-state index in [1.807, 2.05) is 14.1 Å². The lowest BCUT2D eigenvalue weighted by molar-refractivity contribution is -0.135. The number of rotatable bonds is 6. The highest BCUT2D eigenvalue weighted by Gasteiger charge is 2.41. The Morgan fingerprint density at radius 1 is 1.28 bits per heavy atom. The van der Waals surface area contributed by atoms with E-state index in [2.05, 4.69) is 4.90 Å². The average Bonchev–Trinajstić information content (AvgIpc) is 2.20. The van der Waals surface area contributed by atoms with Gasteiger partial charge in [-0.25, -0.2) is 0 Å². The molecule has 0 aliphatic heterocycles. The van der Waals surface area contributed by atoms with E-state index in [1.54, 1.807) is 11.9 Å². The van der Waals surface area contributed by atoms with Crippen LogP contribution in [-0.2, 0) is 9.59 Å². The molecule has 1 fully saturated rings. The fourth-order valence-corrected chi connectivity index (χ4v) is 2.44. The third-order valence-electron chi connectivity index (χ3n) is 3.88. The smallest absolute Gasteiger partial charge is 0.239 e. The van der Waals surface area contributed by atoms with Gasteiger partial charge in [0.05, 0.1) is 12.5 Å². The first-order valence-corrected chi connectivity index (χ1v) is 6.25. The highest BCUT2D eigenvalue weighted by Crippen LogP contribution is 2.36. The summed E-state index contributed by atoms with van der Waals surface area (Å²) in [4.78, 5) is 26.5. The standard InChI is InChI=1S/C12H24N4O2/c1-15(2)12(5-4-6-12)8-16(3)11(18)9(13)7-10(14)17/h9H,4-8,13H2,1-3H3,(H2,14,17). The fraction of sp³-hybridized carbons (Fsp3) is 0.833. The van der Waals surface area contributed by atoms with Crippen molar-refractivity contribution < 1.29 is 9.59 Å². The molecule has 1 saturated carbocycles. The van der Waals surface area contributed by atoms with Crippen molar-refractivity contribution in [3.63, 3.8) is 0 Å². The zero-order valence-electron chi connectivity index (χ0n) is 11.5. The number of hydrogen-bond acceptors (Lipinski definition) is 4. The van der Waals surface area contributed by atoms with Gasteiger partial charge in [-0.15, -0.1) is 0 Å². The number of primary amides is 1. The number of likely N-dealkylation sites (N-methyl/N-ethyl adjacent to an activating group) is 2. The molecule has 4 N–H and O–H groups in total. The number of amides is 2. The first-order valence-electron chi connectivity index (χ1n) is 6.25. The molecule has 1 aliphatic carbocycles. The third-order valence-corrected chi connectivity index (χ3v) is 3.88. The van der Waals surface area contributed by atoms with Gasteiger partial charge in [0.15, 0.2) is 0 Å². The van der Waals surface area contributed by atoms with Gasteiger partial charge in [-0.2, -0.15) is 0 Å². The summed E-state index contributed by atoms with van der Waals surface area (Å²) in [7, 11) is 5.79. The van der Waals surface area contributed by atoms with Gasteiger partial charge in [-0.05, 0) is 33.4 Å². The van der Waals surface area contributed by atoms with Gasteiger partial charge in [-0.1, -0.05) is 0 Å². The molecule has 18 heavy (non-hydrogen) atoms. The maximum atomic E-state index is 12.0. The van der Waals surface area contributed by atoms with Crippen LogP contribution in [0.3, 0.4) is 0 Å². The molecule has 6 nitrogen and oxygen atoms in total.